The van der Waals surface area contributed by atoms with Crippen molar-refractivity contribution in [2.75, 3.05) is 0 Å². The number of hydrogen-bond acceptors (Lipinski definition) is 9. The zero-order chi connectivity index (χ0) is 26.4. The predicted molar refractivity (Wildman–Crippen MR) is 124 cm³/mol. The minimum atomic E-state index is -1.94. The van der Waals surface area contributed by atoms with Crippen LogP contribution >= 0.6 is 11.6 Å². The molecule has 1 fully saturated rings. The zero-order valence-electron chi connectivity index (χ0n) is 18.7. The number of carbonyl (C=O) groups is 2. The molecule has 1 unspecified atom stereocenters. The van der Waals surface area contributed by atoms with Gasteiger partial charge in [-0.2, -0.15) is 0 Å². The summed E-state index contributed by atoms with van der Waals surface area (Å²) < 4.78 is 26.2. The summed E-state index contributed by atoms with van der Waals surface area (Å²) in [4.78, 5) is 32.9. The van der Waals surface area contributed by atoms with Crippen molar-refractivity contribution < 1.29 is 43.9 Å². The highest BCUT2D eigenvalue weighted by atomic mass is 35.5. The number of rotatable bonds is 4. The summed E-state index contributed by atoms with van der Waals surface area (Å²) >= 11 is 6.22. The molecule has 0 bridgehead atoms. The lowest BCUT2D eigenvalue weighted by Gasteiger charge is -2.37. The van der Waals surface area contributed by atoms with Gasteiger partial charge in [-0.25, -0.2) is 19.0 Å². The number of carboxylic acid groups (broad SMARTS) is 1. The Hall–Kier alpha value is -3.68. The van der Waals surface area contributed by atoms with Crippen LogP contribution in [0, 0.1) is 5.82 Å². The van der Waals surface area contributed by atoms with Gasteiger partial charge in [-0.05, 0) is 30.3 Å². The van der Waals surface area contributed by atoms with Gasteiger partial charge in [0.2, 0.25) is 6.29 Å². The third kappa shape index (κ3) is 4.49. The monoisotopic (exact) mass is 531 g/mol. The fourth-order valence-electron chi connectivity index (χ4n) is 4.18. The summed E-state index contributed by atoms with van der Waals surface area (Å²) in [5, 5.41) is 39.4. The van der Waals surface area contributed by atoms with Crippen molar-refractivity contribution in [1.82, 2.24) is 9.55 Å². The molecule has 1 saturated heterocycles. The number of aliphatic hydroxyl groups excluding tert-OH is 3. The molecule has 192 valence electrons. The number of imidazole rings is 1. The molecule has 13 heteroatoms. The third-order valence-corrected chi connectivity index (χ3v) is 6.24. The highest BCUT2D eigenvalue weighted by molar-refractivity contribution is 6.31. The molecule has 0 spiro atoms. The molecule has 0 saturated carbocycles. The lowest BCUT2D eigenvalue weighted by molar-refractivity contribution is -0.278. The van der Waals surface area contributed by atoms with E-state index < -0.39 is 48.5 Å². The van der Waals surface area contributed by atoms with Gasteiger partial charge in [0.25, 0.3) is 0 Å². The average Bonchev–Trinajstić information content (AvgIpc) is 3.23. The number of aliphatic imine (C=N–C) groups is 1. The third-order valence-electron chi connectivity index (χ3n) is 6.01. The highest BCUT2D eigenvalue weighted by Crippen LogP contribution is 2.29. The molecule has 5 atom stereocenters. The second-order valence-corrected chi connectivity index (χ2v) is 8.80. The molecular weight excluding hydrogens is 513 g/mol. The average molecular weight is 532 g/mol. The van der Waals surface area contributed by atoms with Crippen molar-refractivity contribution in [1.29, 1.82) is 0 Å². The van der Waals surface area contributed by atoms with Crippen molar-refractivity contribution in [2.45, 2.75) is 37.3 Å². The van der Waals surface area contributed by atoms with Crippen molar-refractivity contribution in [3.8, 4) is 5.69 Å². The van der Waals surface area contributed by atoms with Gasteiger partial charge in [0, 0.05) is 22.3 Å². The number of benzene rings is 2. The van der Waals surface area contributed by atoms with Crippen LogP contribution in [0.1, 0.15) is 27.4 Å². The van der Waals surface area contributed by atoms with Crippen LogP contribution in [0.25, 0.3) is 5.69 Å². The molecule has 1 aromatic heterocycles. The first kappa shape index (κ1) is 25.0. The van der Waals surface area contributed by atoms with E-state index in [1.807, 2.05) is 0 Å². The molecule has 3 aromatic rings. The SMILES string of the molecule is O=C(OC1O[C@@H](C(=O)O)[C@H](O)[C@@H](O)[C@@H]1O)c1cn2c(n1)CN=C(c1ccccc1F)c1cc(Cl)ccc1-2. The Morgan fingerprint density at radius 2 is 1.84 bits per heavy atom. The largest absolute Gasteiger partial charge is 0.479 e. The van der Waals surface area contributed by atoms with E-state index >= 15 is 0 Å². The number of carboxylic acids is 1. The molecule has 4 N–H and O–H groups in total. The molecule has 2 aromatic carbocycles. The standard InChI is InChI=1S/C24H19ClFN3O8/c25-10-5-6-15-12(7-10)17(11-3-1-2-4-13(11)26)27-8-16-28-14(9-29(15)16)23(35)37-24-20(32)18(30)19(31)21(36-24)22(33)34/h1-7,9,18-21,24,30-32H,8H2,(H,33,34)/t18-,19-,20+,21-,24?/m1/s1. The van der Waals surface area contributed by atoms with Crippen LogP contribution in [0.3, 0.4) is 0 Å². The maximum atomic E-state index is 14.6. The molecule has 2 aliphatic heterocycles. The first-order chi connectivity index (χ1) is 17.7. The van der Waals surface area contributed by atoms with Gasteiger partial charge in [-0.15, -0.1) is 0 Å². The molecular formula is C24H19ClFN3O8. The Balaban J connectivity index is 1.47. The quantitative estimate of drug-likeness (QED) is 0.360. The van der Waals surface area contributed by atoms with E-state index in [0.29, 0.717) is 27.8 Å². The summed E-state index contributed by atoms with van der Waals surface area (Å²) in [7, 11) is 0. The number of ether oxygens (including phenoxy) is 2. The van der Waals surface area contributed by atoms with E-state index in [9.17, 15) is 34.4 Å². The van der Waals surface area contributed by atoms with E-state index in [1.165, 1.54) is 12.3 Å². The van der Waals surface area contributed by atoms with E-state index in [-0.39, 0.29) is 17.8 Å². The molecule has 0 aliphatic carbocycles. The maximum Gasteiger partial charge on any atom is 0.360 e. The smallest absolute Gasteiger partial charge is 0.360 e. The minimum absolute atomic E-state index is 0.0439. The Labute approximate surface area is 213 Å². The van der Waals surface area contributed by atoms with Gasteiger partial charge < -0.3 is 34.5 Å². The second kappa shape index (κ2) is 9.65. The number of aliphatic hydroxyl groups is 3. The number of aromatic nitrogens is 2. The fourth-order valence-corrected chi connectivity index (χ4v) is 4.35. The van der Waals surface area contributed by atoms with Crippen molar-refractivity contribution in [2.24, 2.45) is 4.99 Å². The summed E-state index contributed by atoms with van der Waals surface area (Å²) in [5.41, 5.74) is 1.36. The number of fused-ring (bicyclic) bond motifs is 3. The number of aliphatic carboxylic acids is 1. The first-order valence-corrected chi connectivity index (χ1v) is 11.3. The molecule has 11 nitrogen and oxygen atoms in total. The number of nitrogens with zero attached hydrogens (tertiary/aromatic N) is 3. The van der Waals surface area contributed by atoms with Crippen LogP contribution in [0.4, 0.5) is 4.39 Å². The second-order valence-electron chi connectivity index (χ2n) is 8.36. The molecule has 5 rings (SSSR count). The summed E-state index contributed by atoms with van der Waals surface area (Å²) in [6.45, 7) is -0.0439. The maximum absolute atomic E-state index is 14.6. The Kier molecular flexibility index (Phi) is 6.52. The Bertz CT molecular complexity index is 1430. The predicted octanol–water partition coefficient (Wildman–Crippen LogP) is 1.06. The van der Waals surface area contributed by atoms with Crippen LogP contribution < -0.4 is 0 Å². The van der Waals surface area contributed by atoms with E-state index in [2.05, 4.69) is 9.98 Å². The lowest BCUT2D eigenvalue weighted by atomic mass is 9.99. The number of esters is 1. The summed E-state index contributed by atoms with van der Waals surface area (Å²) in [6.07, 6.45) is -8.27. The van der Waals surface area contributed by atoms with Gasteiger partial charge in [-0.1, -0.05) is 23.7 Å². The van der Waals surface area contributed by atoms with Crippen LogP contribution in [0.15, 0.2) is 53.7 Å². The molecule has 3 heterocycles. The van der Waals surface area contributed by atoms with E-state index in [1.54, 1.807) is 41.0 Å². The van der Waals surface area contributed by atoms with Gasteiger partial charge in [0.05, 0.1) is 17.9 Å². The van der Waals surface area contributed by atoms with Crippen LogP contribution in [0.5, 0.6) is 0 Å². The summed E-state index contributed by atoms with van der Waals surface area (Å²) in [6, 6.07) is 11.0. The van der Waals surface area contributed by atoms with Crippen molar-refractivity contribution >= 4 is 29.3 Å². The van der Waals surface area contributed by atoms with E-state index in [0.717, 1.165) is 0 Å². The molecule has 0 radical (unpaired) electrons. The van der Waals surface area contributed by atoms with Crippen LogP contribution in [-0.4, -0.2) is 78.3 Å². The molecule has 37 heavy (non-hydrogen) atoms. The lowest BCUT2D eigenvalue weighted by Crippen LogP contribution is -2.60. The van der Waals surface area contributed by atoms with Crippen molar-refractivity contribution in [3.63, 3.8) is 0 Å². The normalized spacial score (nSPS) is 24.9. The Morgan fingerprint density at radius 1 is 1.08 bits per heavy atom. The zero-order valence-corrected chi connectivity index (χ0v) is 19.5. The van der Waals surface area contributed by atoms with Gasteiger partial charge >= 0.3 is 11.9 Å². The Morgan fingerprint density at radius 3 is 2.57 bits per heavy atom. The van der Waals surface area contributed by atoms with Crippen LogP contribution in [0.2, 0.25) is 5.02 Å². The van der Waals surface area contributed by atoms with Gasteiger partial charge in [-0.3, -0.25) is 4.99 Å². The van der Waals surface area contributed by atoms with Gasteiger partial charge in [0.15, 0.2) is 11.8 Å². The van der Waals surface area contributed by atoms with E-state index in [4.69, 9.17) is 21.1 Å². The van der Waals surface area contributed by atoms with Crippen LogP contribution in [-0.2, 0) is 20.8 Å². The molecule has 2 aliphatic rings. The number of hydrogen-bond donors (Lipinski definition) is 4. The van der Waals surface area contributed by atoms with Gasteiger partial charge in [0.1, 0.15) is 30.0 Å². The highest BCUT2D eigenvalue weighted by Gasteiger charge is 2.48. The number of halogens is 2. The fraction of sp³-hybridized carbons (Fsp3) is 0.250. The number of carbonyl (C=O) groups excluding carboxylic acids is 1. The first-order valence-electron chi connectivity index (χ1n) is 11.0. The molecule has 0 amide bonds. The van der Waals surface area contributed by atoms with Crippen molar-refractivity contribution in [3.05, 3.63) is 82.1 Å². The topological polar surface area (TPSA) is 164 Å². The summed E-state index contributed by atoms with van der Waals surface area (Å²) in [5.74, 6) is -2.89. The minimum Gasteiger partial charge on any atom is -0.479 e.